The highest BCUT2D eigenvalue weighted by Gasteiger charge is 2.26. The average molecular weight is 288 g/mol. The van der Waals surface area contributed by atoms with Gasteiger partial charge in [-0.1, -0.05) is 23.2 Å². The van der Waals surface area contributed by atoms with Crippen LogP contribution in [-0.2, 0) is 0 Å². The number of ether oxygens (including phenoxy) is 1. The Morgan fingerprint density at radius 2 is 1.71 bits per heavy atom. The van der Waals surface area contributed by atoms with Crippen molar-refractivity contribution in [3.63, 3.8) is 0 Å². The van der Waals surface area contributed by atoms with Crippen LogP contribution >= 0.6 is 23.2 Å². The molecule has 0 atom stereocenters. The first-order valence-electron chi connectivity index (χ1n) is 4.73. The lowest BCUT2D eigenvalue weighted by atomic mass is 10.3. The van der Waals surface area contributed by atoms with Crippen LogP contribution in [0.5, 0.6) is 5.75 Å². The fraction of sp³-hybridized carbons (Fsp3) is 0.400. The predicted octanol–water partition coefficient (Wildman–Crippen LogP) is 4.30. The second-order valence-electron chi connectivity index (χ2n) is 3.38. The smallest absolute Gasteiger partial charge is 0.389 e. The van der Waals surface area contributed by atoms with Crippen molar-refractivity contribution < 1.29 is 17.9 Å². The molecule has 0 saturated heterocycles. The summed E-state index contributed by atoms with van der Waals surface area (Å²) in [5, 5.41) is 0.365. The molecule has 1 rings (SSSR count). The molecule has 0 fully saturated rings. The van der Waals surface area contributed by atoms with Crippen molar-refractivity contribution in [2.45, 2.75) is 19.0 Å². The number of hydrogen-bond acceptors (Lipinski definition) is 2. The van der Waals surface area contributed by atoms with Gasteiger partial charge in [0.05, 0.1) is 16.7 Å². The van der Waals surface area contributed by atoms with Crippen LogP contribution in [0.2, 0.25) is 10.0 Å². The van der Waals surface area contributed by atoms with Crippen LogP contribution in [-0.4, -0.2) is 12.8 Å². The highest BCUT2D eigenvalue weighted by Crippen LogP contribution is 2.35. The summed E-state index contributed by atoms with van der Waals surface area (Å²) in [6, 6.07) is 2.85. The summed E-state index contributed by atoms with van der Waals surface area (Å²) in [6.07, 6.45) is -5.24. The van der Waals surface area contributed by atoms with E-state index in [1.807, 2.05) is 0 Å². The highest BCUT2D eigenvalue weighted by molar-refractivity contribution is 6.37. The van der Waals surface area contributed by atoms with Gasteiger partial charge in [0.1, 0.15) is 0 Å². The van der Waals surface area contributed by atoms with E-state index in [0.717, 1.165) is 0 Å². The number of nitrogens with two attached hydrogens (primary N) is 1. The molecule has 1 aromatic carbocycles. The minimum Gasteiger partial charge on any atom is -0.490 e. The zero-order valence-corrected chi connectivity index (χ0v) is 10.2. The van der Waals surface area contributed by atoms with Crippen LogP contribution in [0.1, 0.15) is 12.8 Å². The topological polar surface area (TPSA) is 35.2 Å². The number of hydrogen-bond donors (Lipinski definition) is 1. The number of anilines is 1. The van der Waals surface area contributed by atoms with Gasteiger partial charge in [0.25, 0.3) is 0 Å². The van der Waals surface area contributed by atoms with E-state index in [9.17, 15) is 13.2 Å². The van der Waals surface area contributed by atoms with Crippen LogP contribution < -0.4 is 10.5 Å². The highest BCUT2D eigenvalue weighted by atomic mass is 35.5. The number of alkyl halides is 3. The Bertz CT molecular complexity index is 373. The molecule has 1 aromatic rings. The Labute approximate surface area is 106 Å². The predicted molar refractivity (Wildman–Crippen MR) is 61.7 cm³/mol. The summed E-state index contributed by atoms with van der Waals surface area (Å²) in [7, 11) is 0. The average Bonchev–Trinajstić information content (AvgIpc) is 2.13. The van der Waals surface area contributed by atoms with Crippen LogP contribution in [0.4, 0.5) is 18.9 Å². The summed E-state index contributed by atoms with van der Waals surface area (Å²) in [6.45, 7) is -0.108. The lowest BCUT2D eigenvalue weighted by Crippen LogP contribution is -2.10. The summed E-state index contributed by atoms with van der Waals surface area (Å²) in [5.41, 5.74) is 5.83. The van der Waals surface area contributed by atoms with E-state index in [1.54, 1.807) is 0 Å². The van der Waals surface area contributed by atoms with E-state index in [2.05, 4.69) is 0 Å². The first-order valence-corrected chi connectivity index (χ1v) is 5.49. The maximum atomic E-state index is 11.9. The monoisotopic (exact) mass is 287 g/mol. The molecule has 2 nitrogen and oxygen atoms in total. The Balaban J connectivity index is 2.53. The molecule has 0 saturated carbocycles. The zero-order valence-electron chi connectivity index (χ0n) is 8.65. The molecule has 0 amide bonds. The third kappa shape index (κ3) is 4.91. The normalized spacial score (nSPS) is 11.6. The quantitative estimate of drug-likeness (QED) is 0.662. The van der Waals surface area contributed by atoms with Crippen molar-refractivity contribution in [2.75, 3.05) is 12.3 Å². The van der Waals surface area contributed by atoms with Crippen LogP contribution in [0.15, 0.2) is 12.1 Å². The molecule has 17 heavy (non-hydrogen) atoms. The molecule has 0 aromatic heterocycles. The number of halogens is 5. The third-order valence-electron chi connectivity index (χ3n) is 1.87. The van der Waals surface area contributed by atoms with Crippen molar-refractivity contribution in [1.29, 1.82) is 0 Å². The summed E-state index contributed by atoms with van der Waals surface area (Å²) < 4.78 is 40.7. The SMILES string of the molecule is Nc1cc(Cl)c(OCCCC(F)(F)F)c(Cl)c1. The number of rotatable bonds is 4. The minimum atomic E-state index is -4.18. The molecule has 0 aliphatic heterocycles. The third-order valence-corrected chi connectivity index (χ3v) is 2.43. The van der Waals surface area contributed by atoms with Gasteiger partial charge < -0.3 is 10.5 Å². The summed E-state index contributed by atoms with van der Waals surface area (Å²) in [4.78, 5) is 0. The van der Waals surface area contributed by atoms with Gasteiger partial charge in [-0.05, 0) is 18.6 Å². The minimum absolute atomic E-state index is 0.108. The van der Waals surface area contributed by atoms with E-state index >= 15 is 0 Å². The zero-order chi connectivity index (χ0) is 13.1. The first kappa shape index (κ1) is 14.3. The molecular formula is C10H10Cl2F3NO. The van der Waals surface area contributed by atoms with Gasteiger partial charge in [0, 0.05) is 12.1 Å². The van der Waals surface area contributed by atoms with Gasteiger partial charge in [0.15, 0.2) is 5.75 Å². The molecular weight excluding hydrogens is 278 g/mol. The lowest BCUT2D eigenvalue weighted by molar-refractivity contribution is -0.136. The Morgan fingerprint density at radius 3 is 2.18 bits per heavy atom. The van der Waals surface area contributed by atoms with E-state index in [0.29, 0.717) is 5.69 Å². The van der Waals surface area contributed by atoms with E-state index in [1.165, 1.54) is 12.1 Å². The van der Waals surface area contributed by atoms with Crippen LogP contribution in [0.25, 0.3) is 0 Å². The van der Waals surface area contributed by atoms with E-state index in [-0.39, 0.29) is 28.8 Å². The van der Waals surface area contributed by atoms with Gasteiger partial charge >= 0.3 is 6.18 Å². The van der Waals surface area contributed by atoms with E-state index in [4.69, 9.17) is 33.7 Å². The second kappa shape index (κ2) is 5.69. The van der Waals surface area contributed by atoms with Crippen molar-refractivity contribution in [3.05, 3.63) is 22.2 Å². The van der Waals surface area contributed by atoms with Gasteiger partial charge in [-0.15, -0.1) is 0 Å². The first-order chi connectivity index (χ1) is 7.79. The molecule has 7 heteroatoms. The molecule has 0 radical (unpaired) electrons. The van der Waals surface area contributed by atoms with Gasteiger partial charge in [-0.2, -0.15) is 13.2 Å². The lowest BCUT2D eigenvalue weighted by Gasteiger charge is -2.11. The van der Waals surface area contributed by atoms with Gasteiger partial charge in [-0.25, -0.2) is 0 Å². The maximum absolute atomic E-state index is 11.9. The summed E-state index contributed by atoms with van der Waals surface area (Å²) in [5.74, 6) is 0.157. The molecule has 0 spiro atoms. The standard InChI is InChI=1S/C10H10Cl2F3NO/c11-7-4-6(16)5-8(12)9(7)17-3-1-2-10(13,14)15/h4-5H,1-3,16H2. The number of benzene rings is 1. The van der Waals surface area contributed by atoms with E-state index < -0.39 is 12.6 Å². The Kier molecular flexibility index (Phi) is 4.77. The largest absolute Gasteiger partial charge is 0.490 e. The Hall–Kier alpha value is -0.810. The molecule has 0 bridgehead atoms. The molecule has 96 valence electrons. The number of nitrogen functional groups attached to an aromatic ring is 1. The molecule has 0 unspecified atom stereocenters. The van der Waals surface area contributed by atoms with Gasteiger partial charge in [0.2, 0.25) is 0 Å². The Morgan fingerprint density at radius 1 is 1.18 bits per heavy atom. The fourth-order valence-corrected chi connectivity index (χ4v) is 1.78. The van der Waals surface area contributed by atoms with Crippen molar-refractivity contribution in [1.82, 2.24) is 0 Å². The molecule has 0 aliphatic rings. The fourth-order valence-electron chi connectivity index (χ4n) is 1.16. The van der Waals surface area contributed by atoms with Crippen LogP contribution in [0.3, 0.4) is 0 Å². The second-order valence-corrected chi connectivity index (χ2v) is 4.20. The van der Waals surface area contributed by atoms with Crippen molar-refractivity contribution in [3.8, 4) is 5.75 Å². The molecule has 0 heterocycles. The van der Waals surface area contributed by atoms with Crippen molar-refractivity contribution >= 4 is 28.9 Å². The van der Waals surface area contributed by atoms with Crippen LogP contribution in [0, 0.1) is 0 Å². The molecule has 0 aliphatic carbocycles. The maximum Gasteiger partial charge on any atom is 0.389 e. The molecule has 2 N–H and O–H groups in total. The van der Waals surface area contributed by atoms with Gasteiger partial charge in [-0.3, -0.25) is 0 Å². The van der Waals surface area contributed by atoms with Crippen molar-refractivity contribution in [2.24, 2.45) is 0 Å². The summed E-state index contributed by atoms with van der Waals surface area (Å²) >= 11 is 11.6.